The number of primary amides is 1. The summed E-state index contributed by atoms with van der Waals surface area (Å²) in [6.45, 7) is 3.26. The molecule has 0 fully saturated rings. The van der Waals surface area contributed by atoms with Crippen molar-refractivity contribution < 1.29 is 9.53 Å². The van der Waals surface area contributed by atoms with Crippen molar-refractivity contribution in [3.8, 4) is 5.75 Å². The highest BCUT2D eigenvalue weighted by Gasteiger charge is 2.07. The minimum absolute atomic E-state index is 0.263. The number of nitrogens with two attached hydrogens (primary N) is 1. The van der Waals surface area contributed by atoms with Gasteiger partial charge in [-0.1, -0.05) is 18.2 Å². The fourth-order valence-corrected chi connectivity index (χ4v) is 1.93. The number of anilines is 1. The van der Waals surface area contributed by atoms with Crippen LogP contribution in [0.3, 0.4) is 0 Å². The Labute approximate surface area is 124 Å². The zero-order valence-electron chi connectivity index (χ0n) is 12.2. The van der Waals surface area contributed by atoms with Crippen LogP contribution in [0.15, 0.2) is 42.6 Å². The lowest BCUT2D eigenvalue weighted by atomic mass is 10.2. The first kappa shape index (κ1) is 14.8. The number of para-hydroxylation sites is 1. The number of hydrogen-bond donors (Lipinski definition) is 1. The molecule has 1 aromatic carbocycles. The molecule has 1 heterocycles. The average molecular weight is 285 g/mol. The molecular weight excluding hydrogens is 266 g/mol. The Bertz CT molecular complexity index is 628. The van der Waals surface area contributed by atoms with Crippen molar-refractivity contribution >= 4 is 11.6 Å². The Balaban J connectivity index is 1.93. The lowest BCUT2D eigenvalue weighted by Crippen LogP contribution is -2.24. The van der Waals surface area contributed by atoms with Gasteiger partial charge in [0.2, 0.25) is 0 Å². The third kappa shape index (κ3) is 3.95. The fraction of sp³-hybridized carbons (Fsp3) is 0.250. The standard InChI is InChI=1S/C16H19N3O2/c1-12-5-3-4-6-15(12)21-10-9-19(2)13-7-8-18-14(11-13)16(17)20/h3-8,11H,9-10H2,1-2H3,(H2,17,20). The Morgan fingerprint density at radius 1 is 1.33 bits per heavy atom. The molecule has 0 bridgehead atoms. The maximum atomic E-state index is 11.1. The molecule has 2 N–H and O–H groups in total. The number of nitrogens with zero attached hydrogens (tertiary/aromatic N) is 2. The van der Waals surface area contributed by atoms with Crippen LogP contribution < -0.4 is 15.4 Å². The van der Waals surface area contributed by atoms with Gasteiger partial charge in [0.05, 0.1) is 6.54 Å². The number of carbonyl (C=O) groups is 1. The highest BCUT2D eigenvalue weighted by Crippen LogP contribution is 2.17. The molecule has 21 heavy (non-hydrogen) atoms. The van der Waals surface area contributed by atoms with Gasteiger partial charge in [-0.25, -0.2) is 0 Å². The Hall–Kier alpha value is -2.56. The van der Waals surface area contributed by atoms with Crippen molar-refractivity contribution in [3.63, 3.8) is 0 Å². The summed E-state index contributed by atoms with van der Waals surface area (Å²) in [5, 5.41) is 0. The Kier molecular flexibility index (Phi) is 4.77. The van der Waals surface area contributed by atoms with Crippen molar-refractivity contribution in [2.45, 2.75) is 6.92 Å². The van der Waals surface area contributed by atoms with Crippen molar-refractivity contribution in [2.75, 3.05) is 25.1 Å². The van der Waals surface area contributed by atoms with Crippen LogP contribution in [0.5, 0.6) is 5.75 Å². The molecule has 0 saturated heterocycles. The highest BCUT2D eigenvalue weighted by atomic mass is 16.5. The summed E-state index contributed by atoms with van der Waals surface area (Å²) in [6.07, 6.45) is 1.58. The maximum Gasteiger partial charge on any atom is 0.267 e. The third-order valence-corrected chi connectivity index (χ3v) is 3.21. The van der Waals surface area contributed by atoms with Crippen molar-refractivity contribution in [2.24, 2.45) is 5.73 Å². The van der Waals surface area contributed by atoms with Crippen LogP contribution in [0.1, 0.15) is 16.1 Å². The molecule has 0 unspecified atom stereocenters. The molecular formula is C16H19N3O2. The van der Waals surface area contributed by atoms with E-state index in [4.69, 9.17) is 10.5 Å². The molecule has 1 amide bonds. The van der Waals surface area contributed by atoms with Gasteiger partial charge in [0.25, 0.3) is 5.91 Å². The first-order valence-electron chi connectivity index (χ1n) is 6.73. The number of rotatable bonds is 6. The van der Waals surface area contributed by atoms with Gasteiger partial charge in [-0.05, 0) is 30.7 Å². The zero-order chi connectivity index (χ0) is 15.2. The molecule has 0 aliphatic carbocycles. The molecule has 0 saturated carbocycles. The summed E-state index contributed by atoms with van der Waals surface area (Å²) in [6, 6.07) is 11.4. The largest absolute Gasteiger partial charge is 0.491 e. The predicted molar refractivity (Wildman–Crippen MR) is 82.7 cm³/mol. The Morgan fingerprint density at radius 3 is 2.81 bits per heavy atom. The predicted octanol–water partition coefficient (Wildman–Crippen LogP) is 2.00. The zero-order valence-corrected chi connectivity index (χ0v) is 12.2. The molecule has 0 aliphatic heterocycles. The molecule has 0 atom stereocenters. The minimum atomic E-state index is -0.526. The van der Waals surface area contributed by atoms with E-state index in [2.05, 4.69) is 4.98 Å². The van der Waals surface area contributed by atoms with Crippen molar-refractivity contribution in [3.05, 3.63) is 53.9 Å². The van der Waals surface area contributed by atoms with Gasteiger partial charge in [0.15, 0.2) is 0 Å². The van der Waals surface area contributed by atoms with Gasteiger partial charge < -0.3 is 15.4 Å². The summed E-state index contributed by atoms with van der Waals surface area (Å²) in [4.78, 5) is 17.0. The summed E-state index contributed by atoms with van der Waals surface area (Å²) < 4.78 is 5.76. The van der Waals surface area contributed by atoms with Gasteiger partial charge >= 0.3 is 0 Å². The molecule has 1 aromatic heterocycles. The van der Waals surface area contributed by atoms with E-state index in [1.165, 1.54) is 0 Å². The van der Waals surface area contributed by atoms with Gasteiger partial charge in [-0.2, -0.15) is 0 Å². The number of hydrogen-bond acceptors (Lipinski definition) is 4. The molecule has 2 aromatic rings. The summed E-state index contributed by atoms with van der Waals surface area (Å²) in [7, 11) is 1.93. The van der Waals surface area contributed by atoms with Gasteiger partial charge in [0, 0.05) is 18.9 Å². The fourth-order valence-electron chi connectivity index (χ4n) is 1.93. The number of carbonyl (C=O) groups excluding carboxylic acids is 1. The molecule has 5 heteroatoms. The van der Waals surface area contributed by atoms with E-state index in [9.17, 15) is 4.79 Å². The molecule has 0 aliphatic rings. The second-order valence-corrected chi connectivity index (χ2v) is 4.80. The Morgan fingerprint density at radius 2 is 2.10 bits per heavy atom. The summed E-state index contributed by atoms with van der Waals surface area (Å²) >= 11 is 0. The molecule has 0 radical (unpaired) electrons. The number of likely N-dealkylation sites (N-methyl/N-ethyl adjacent to an activating group) is 1. The normalized spacial score (nSPS) is 10.2. The lowest BCUT2D eigenvalue weighted by Gasteiger charge is -2.20. The SMILES string of the molecule is Cc1ccccc1OCCN(C)c1ccnc(C(N)=O)c1. The number of aryl methyl sites for hydroxylation is 1. The highest BCUT2D eigenvalue weighted by molar-refractivity contribution is 5.91. The number of ether oxygens (including phenoxy) is 1. The smallest absolute Gasteiger partial charge is 0.267 e. The topological polar surface area (TPSA) is 68.4 Å². The first-order chi connectivity index (χ1) is 10.1. The van der Waals surface area contributed by atoms with Crippen LogP contribution in [0, 0.1) is 6.92 Å². The molecule has 0 spiro atoms. The van der Waals surface area contributed by atoms with Crippen LogP contribution in [-0.2, 0) is 0 Å². The van der Waals surface area contributed by atoms with E-state index in [1.54, 1.807) is 12.3 Å². The summed E-state index contributed by atoms with van der Waals surface area (Å²) in [5.41, 5.74) is 7.49. The van der Waals surface area contributed by atoms with Crippen LogP contribution in [0.4, 0.5) is 5.69 Å². The van der Waals surface area contributed by atoms with Crippen molar-refractivity contribution in [1.82, 2.24) is 4.98 Å². The number of pyridine rings is 1. The summed E-state index contributed by atoms with van der Waals surface area (Å²) in [5.74, 6) is 0.361. The van der Waals surface area contributed by atoms with E-state index in [0.29, 0.717) is 13.2 Å². The lowest BCUT2D eigenvalue weighted by molar-refractivity contribution is 0.0995. The number of amides is 1. The van der Waals surface area contributed by atoms with Crippen molar-refractivity contribution in [1.29, 1.82) is 0 Å². The average Bonchev–Trinajstić information content (AvgIpc) is 2.49. The van der Waals surface area contributed by atoms with E-state index in [0.717, 1.165) is 17.0 Å². The second kappa shape index (κ2) is 6.74. The quantitative estimate of drug-likeness (QED) is 0.881. The van der Waals surface area contributed by atoms with Crippen LogP contribution in [0.25, 0.3) is 0 Å². The van der Waals surface area contributed by atoms with E-state index in [-0.39, 0.29) is 5.69 Å². The van der Waals surface area contributed by atoms with Gasteiger partial charge in [-0.15, -0.1) is 0 Å². The van der Waals surface area contributed by atoms with E-state index in [1.807, 2.05) is 49.2 Å². The molecule has 5 nitrogen and oxygen atoms in total. The van der Waals surface area contributed by atoms with Crippen LogP contribution in [-0.4, -0.2) is 31.1 Å². The first-order valence-corrected chi connectivity index (χ1v) is 6.73. The maximum absolute atomic E-state index is 11.1. The number of benzene rings is 1. The van der Waals surface area contributed by atoms with Gasteiger partial charge in [0.1, 0.15) is 18.1 Å². The van der Waals surface area contributed by atoms with Gasteiger partial charge in [-0.3, -0.25) is 9.78 Å². The monoisotopic (exact) mass is 285 g/mol. The molecule has 2 rings (SSSR count). The minimum Gasteiger partial charge on any atom is -0.491 e. The molecule has 110 valence electrons. The number of aromatic nitrogens is 1. The van der Waals surface area contributed by atoms with E-state index < -0.39 is 5.91 Å². The van der Waals surface area contributed by atoms with E-state index >= 15 is 0 Å². The van der Waals surface area contributed by atoms with Crippen LogP contribution in [0.2, 0.25) is 0 Å². The third-order valence-electron chi connectivity index (χ3n) is 3.21. The second-order valence-electron chi connectivity index (χ2n) is 4.80. The van der Waals surface area contributed by atoms with Crippen LogP contribution >= 0.6 is 0 Å².